The van der Waals surface area contributed by atoms with E-state index in [1.807, 2.05) is 31.6 Å². The van der Waals surface area contributed by atoms with Gasteiger partial charge in [0.2, 0.25) is 5.91 Å². The zero-order chi connectivity index (χ0) is 15.5. The minimum absolute atomic E-state index is 0.0547. The summed E-state index contributed by atoms with van der Waals surface area (Å²) in [7, 11) is 0. The number of amides is 1. The average Bonchev–Trinajstić information content (AvgIpc) is 3.24. The van der Waals surface area contributed by atoms with Crippen LogP contribution in [0.2, 0.25) is 0 Å². The molecule has 118 valence electrons. The summed E-state index contributed by atoms with van der Waals surface area (Å²) in [5, 5.41) is 20.8. The fraction of sp³-hybridized carbons (Fsp3) is 0.800. The molecule has 1 heterocycles. The molecule has 1 aliphatic carbocycles. The van der Waals surface area contributed by atoms with Crippen molar-refractivity contribution in [3.63, 3.8) is 0 Å². The summed E-state index contributed by atoms with van der Waals surface area (Å²) in [4.78, 5) is 12.3. The molecule has 2 rings (SSSR count). The Morgan fingerprint density at radius 1 is 1.52 bits per heavy atom. The van der Waals surface area contributed by atoms with Gasteiger partial charge in [-0.1, -0.05) is 19.1 Å². The van der Waals surface area contributed by atoms with Crippen LogP contribution in [0.4, 0.5) is 0 Å². The van der Waals surface area contributed by atoms with Crippen molar-refractivity contribution in [3.8, 4) is 0 Å². The lowest BCUT2D eigenvalue weighted by atomic mass is 9.82. The quantitative estimate of drug-likeness (QED) is 0.763. The highest BCUT2D eigenvalue weighted by molar-refractivity contribution is 5.82. The van der Waals surface area contributed by atoms with Gasteiger partial charge in [0.05, 0.1) is 23.8 Å². The molecule has 6 nitrogen and oxygen atoms in total. The van der Waals surface area contributed by atoms with Crippen molar-refractivity contribution < 1.29 is 9.90 Å². The highest BCUT2D eigenvalue weighted by atomic mass is 16.3. The van der Waals surface area contributed by atoms with Crippen LogP contribution in [0.15, 0.2) is 6.20 Å². The van der Waals surface area contributed by atoms with E-state index in [-0.39, 0.29) is 18.6 Å². The maximum atomic E-state index is 12.3. The van der Waals surface area contributed by atoms with Gasteiger partial charge >= 0.3 is 0 Å². The molecule has 1 saturated carbocycles. The predicted octanol–water partition coefficient (Wildman–Crippen LogP) is 1.63. The molecule has 21 heavy (non-hydrogen) atoms. The van der Waals surface area contributed by atoms with Gasteiger partial charge in [-0.25, -0.2) is 4.68 Å². The second-order valence-corrected chi connectivity index (χ2v) is 6.10. The van der Waals surface area contributed by atoms with Gasteiger partial charge in [0.15, 0.2) is 0 Å². The third-order valence-electron chi connectivity index (χ3n) is 4.67. The van der Waals surface area contributed by atoms with E-state index in [1.165, 1.54) is 12.8 Å². The van der Waals surface area contributed by atoms with Crippen LogP contribution >= 0.6 is 0 Å². The third kappa shape index (κ3) is 3.43. The van der Waals surface area contributed by atoms with Gasteiger partial charge in [-0.2, -0.15) is 0 Å². The molecule has 6 heteroatoms. The van der Waals surface area contributed by atoms with E-state index in [2.05, 4.69) is 15.6 Å². The largest absolute Gasteiger partial charge is 0.395 e. The minimum atomic E-state index is -0.665. The van der Waals surface area contributed by atoms with Crippen LogP contribution in [-0.2, 0) is 4.79 Å². The molecular weight excluding hydrogens is 268 g/mol. The molecule has 1 aliphatic rings. The van der Waals surface area contributed by atoms with Gasteiger partial charge in [-0.05, 0) is 32.6 Å². The third-order valence-corrected chi connectivity index (χ3v) is 4.67. The van der Waals surface area contributed by atoms with Crippen LogP contribution in [0.3, 0.4) is 0 Å². The van der Waals surface area contributed by atoms with E-state index in [4.69, 9.17) is 0 Å². The molecular formula is C15H26N4O2. The number of aliphatic hydroxyl groups excluding tert-OH is 1. The Morgan fingerprint density at radius 3 is 2.71 bits per heavy atom. The molecule has 0 aliphatic heterocycles. The van der Waals surface area contributed by atoms with Gasteiger partial charge in [0, 0.05) is 18.7 Å². The van der Waals surface area contributed by atoms with Crippen LogP contribution < -0.4 is 5.32 Å². The van der Waals surface area contributed by atoms with Crippen LogP contribution in [0.5, 0.6) is 0 Å². The normalized spacial score (nSPS) is 16.8. The number of aliphatic hydroxyl groups is 1. The highest BCUT2D eigenvalue weighted by Crippen LogP contribution is 2.38. The van der Waals surface area contributed by atoms with E-state index >= 15 is 0 Å². The summed E-state index contributed by atoms with van der Waals surface area (Å²) in [6.45, 7) is 6.25. The first kappa shape index (κ1) is 15.9. The van der Waals surface area contributed by atoms with Gasteiger partial charge in [0.25, 0.3) is 0 Å². The topological polar surface area (TPSA) is 80.0 Å². The monoisotopic (exact) mass is 294 g/mol. The predicted molar refractivity (Wildman–Crippen MR) is 79.8 cm³/mol. The van der Waals surface area contributed by atoms with E-state index < -0.39 is 5.41 Å². The molecule has 1 fully saturated rings. The Balaban J connectivity index is 1.90. The molecule has 0 radical (unpaired) electrons. The lowest BCUT2D eigenvalue weighted by molar-refractivity contribution is -0.134. The standard InChI is InChI=1S/C15H26N4O2/c1-4-15(5-2,10-20)14(21)16-8-11(3)19-9-13(17-18-19)12-6-7-12/h9,11-12,20H,4-8,10H2,1-3H3,(H,16,21). The molecule has 0 saturated heterocycles. The first-order valence-electron chi connectivity index (χ1n) is 7.87. The van der Waals surface area contributed by atoms with Gasteiger partial charge in [-0.3, -0.25) is 4.79 Å². The fourth-order valence-corrected chi connectivity index (χ4v) is 2.46. The molecule has 1 unspecified atom stereocenters. The molecule has 0 spiro atoms. The Bertz CT molecular complexity index is 470. The molecule has 0 bridgehead atoms. The lowest BCUT2D eigenvalue weighted by Gasteiger charge is -2.28. The Morgan fingerprint density at radius 2 is 2.19 bits per heavy atom. The number of nitrogens with zero attached hydrogens (tertiary/aromatic N) is 3. The lowest BCUT2D eigenvalue weighted by Crippen LogP contribution is -2.44. The molecule has 2 N–H and O–H groups in total. The van der Waals surface area contributed by atoms with Crippen molar-refractivity contribution in [2.75, 3.05) is 13.2 Å². The number of carbonyl (C=O) groups excluding carboxylic acids is 1. The molecule has 1 aromatic heterocycles. The SMILES string of the molecule is CCC(CC)(CO)C(=O)NCC(C)n1cc(C2CC2)nn1. The van der Waals surface area contributed by atoms with Crippen LogP contribution in [0.25, 0.3) is 0 Å². The number of rotatable bonds is 8. The summed E-state index contributed by atoms with van der Waals surface area (Å²) in [5.41, 5.74) is 0.390. The van der Waals surface area contributed by atoms with Crippen LogP contribution in [-0.4, -0.2) is 39.2 Å². The number of hydrogen-bond donors (Lipinski definition) is 2. The van der Waals surface area contributed by atoms with Crippen molar-refractivity contribution >= 4 is 5.91 Å². The first-order valence-corrected chi connectivity index (χ1v) is 7.87. The molecule has 1 atom stereocenters. The number of nitrogens with one attached hydrogen (secondary N) is 1. The van der Waals surface area contributed by atoms with Crippen LogP contribution in [0, 0.1) is 5.41 Å². The zero-order valence-corrected chi connectivity index (χ0v) is 13.2. The van der Waals surface area contributed by atoms with Gasteiger partial charge in [0.1, 0.15) is 0 Å². The number of aromatic nitrogens is 3. The van der Waals surface area contributed by atoms with Gasteiger partial charge in [-0.15, -0.1) is 5.10 Å². The fourth-order valence-electron chi connectivity index (χ4n) is 2.46. The Hall–Kier alpha value is -1.43. The summed E-state index contributed by atoms with van der Waals surface area (Å²) in [5.74, 6) is 0.507. The van der Waals surface area contributed by atoms with E-state index in [0.717, 1.165) is 5.69 Å². The smallest absolute Gasteiger partial charge is 0.228 e. The maximum Gasteiger partial charge on any atom is 0.228 e. The van der Waals surface area contributed by atoms with E-state index in [1.54, 1.807) is 0 Å². The van der Waals surface area contributed by atoms with Crippen molar-refractivity contribution in [1.29, 1.82) is 0 Å². The average molecular weight is 294 g/mol. The van der Waals surface area contributed by atoms with E-state index in [0.29, 0.717) is 25.3 Å². The molecule has 1 amide bonds. The first-order chi connectivity index (χ1) is 10.1. The second-order valence-electron chi connectivity index (χ2n) is 6.10. The van der Waals surface area contributed by atoms with Crippen molar-refractivity contribution in [1.82, 2.24) is 20.3 Å². The molecule has 0 aromatic carbocycles. The number of carbonyl (C=O) groups is 1. The van der Waals surface area contributed by atoms with Crippen molar-refractivity contribution in [2.24, 2.45) is 5.41 Å². The van der Waals surface area contributed by atoms with Crippen LogP contribution in [0.1, 0.15) is 64.1 Å². The Kier molecular flexibility index (Phi) is 4.98. The maximum absolute atomic E-state index is 12.3. The summed E-state index contributed by atoms with van der Waals surface area (Å²) in [6.07, 6.45) is 5.66. The Labute approximate surface area is 125 Å². The van der Waals surface area contributed by atoms with Gasteiger partial charge < -0.3 is 10.4 Å². The van der Waals surface area contributed by atoms with Crippen molar-refractivity contribution in [3.05, 3.63) is 11.9 Å². The van der Waals surface area contributed by atoms with E-state index in [9.17, 15) is 9.90 Å². The summed E-state index contributed by atoms with van der Waals surface area (Å²) in [6, 6.07) is 0.0547. The summed E-state index contributed by atoms with van der Waals surface area (Å²) >= 11 is 0. The summed E-state index contributed by atoms with van der Waals surface area (Å²) < 4.78 is 1.81. The zero-order valence-electron chi connectivity index (χ0n) is 13.2. The number of hydrogen-bond acceptors (Lipinski definition) is 4. The van der Waals surface area contributed by atoms with Crippen molar-refractivity contribution in [2.45, 2.75) is 58.4 Å². The minimum Gasteiger partial charge on any atom is -0.395 e. The second kappa shape index (κ2) is 6.56. The molecule has 1 aromatic rings. The highest BCUT2D eigenvalue weighted by Gasteiger charge is 2.34.